The molecule has 1 amide bonds. The first-order valence-corrected chi connectivity index (χ1v) is 10.3. The van der Waals surface area contributed by atoms with Crippen molar-refractivity contribution in [2.24, 2.45) is 5.92 Å². The normalized spacial score (nSPS) is 19.5. The highest BCUT2D eigenvalue weighted by Crippen LogP contribution is 2.35. The van der Waals surface area contributed by atoms with E-state index in [-0.39, 0.29) is 11.9 Å². The summed E-state index contributed by atoms with van der Waals surface area (Å²) in [6.07, 6.45) is 6.10. The number of nitrogens with one attached hydrogen (secondary N) is 1. The SMILES string of the molecule is O=C(CN1CCc2sccc2C1)NC(c1ccccc1)C1CCCC1. The number of fused-ring (bicyclic) bond motifs is 1. The summed E-state index contributed by atoms with van der Waals surface area (Å²) in [5.74, 6) is 0.746. The molecule has 132 valence electrons. The van der Waals surface area contributed by atoms with Crippen LogP contribution in [-0.2, 0) is 17.8 Å². The van der Waals surface area contributed by atoms with Gasteiger partial charge < -0.3 is 5.32 Å². The Kier molecular flexibility index (Phi) is 5.18. The van der Waals surface area contributed by atoms with Gasteiger partial charge in [-0.05, 0) is 47.8 Å². The van der Waals surface area contributed by atoms with Gasteiger partial charge in [0.2, 0.25) is 5.91 Å². The van der Waals surface area contributed by atoms with Crippen molar-refractivity contribution in [1.82, 2.24) is 10.2 Å². The summed E-state index contributed by atoms with van der Waals surface area (Å²) in [6.45, 7) is 2.40. The predicted molar refractivity (Wildman–Crippen MR) is 103 cm³/mol. The Morgan fingerprint density at radius 3 is 2.80 bits per heavy atom. The number of thiophene rings is 1. The molecule has 0 bridgehead atoms. The Morgan fingerprint density at radius 2 is 2.00 bits per heavy atom. The lowest BCUT2D eigenvalue weighted by Crippen LogP contribution is -2.42. The van der Waals surface area contributed by atoms with E-state index in [1.54, 1.807) is 0 Å². The minimum absolute atomic E-state index is 0.165. The second-order valence-electron chi connectivity index (χ2n) is 7.33. The number of carbonyl (C=O) groups excluding carboxylic acids is 1. The number of hydrogen-bond donors (Lipinski definition) is 1. The molecular weight excluding hydrogens is 328 g/mol. The van der Waals surface area contributed by atoms with Crippen molar-refractivity contribution in [2.75, 3.05) is 13.1 Å². The molecule has 2 aromatic rings. The largest absolute Gasteiger partial charge is 0.348 e. The minimum atomic E-state index is 0.165. The summed E-state index contributed by atoms with van der Waals surface area (Å²) in [4.78, 5) is 16.5. The first-order valence-electron chi connectivity index (χ1n) is 9.41. The zero-order valence-electron chi connectivity index (χ0n) is 14.6. The van der Waals surface area contributed by atoms with Crippen LogP contribution in [-0.4, -0.2) is 23.9 Å². The van der Waals surface area contributed by atoms with E-state index in [2.05, 4.69) is 45.9 Å². The summed E-state index contributed by atoms with van der Waals surface area (Å²) in [5, 5.41) is 5.53. The van der Waals surface area contributed by atoms with Gasteiger partial charge in [0.15, 0.2) is 0 Å². The van der Waals surface area contributed by atoms with Gasteiger partial charge in [0.05, 0.1) is 12.6 Å². The summed E-state index contributed by atoms with van der Waals surface area (Å²) in [5.41, 5.74) is 2.65. The molecule has 3 nitrogen and oxygen atoms in total. The molecule has 0 saturated heterocycles. The average Bonchev–Trinajstić information content (AvgIpc) is 3.31. The van der Waals surface area contributed by atoms with Gasteiger partial charge >= 0.3 is 0 Å². The third-order valence-corrected chi connectivity index (χ3v) is 6.62. The molecule has 25 heavy (non-hydrogen) atoms. The van der Waals surface area contributed by atoms with Gasteiger partial charge in [-0.15, -0.1) is 11.3 Å². The third kappa shape index (κ3) is 3.96. The van der Waals surface area contributed by atoms with Crippen LogP contribution in [0.2, 0.25) is 0 Å². The maximum atomic E-state index is 12.8. The Morgan fingerprint density at radius 1 is 1.20 bits per heavy atom. The highest BCUT2D eigenvalue weighted by atomic mass is 32.1. The molecule has 1 unspecified atom stereocenters. The first kappa shape index (κ1) is 16.8. The average molecular weight is 355 g/mol. The zero-order chi connectivity index (χ0) is 17.1. The first-order chi connectivity index (χ1) is 12.3. The molecule has 1 aromatic carbocycles. The van der Waals surface area contributed by atoms with Crippen LogP contribution in [0.15, 0.2) is 41.8 Å². The Bertz CT molecular complexity index is 706. The van der Waals surface area contributed by atoms with Crippen LogP contribution < -0.4 is 5.32 Å². The molecule has 2 aliphatic rings. The van der Waals surface area contributed by atoms with Crippen LogP contribution in [0.1, 0.15) is 47.7 Å². The minimum Gasteiger partial charge on any atom is -0.348 e. The second kappa shape index (κ2) is 7.71. The highest BCUT2D eigenvalue weighted by Gasteiger charge is 2.28. The van der Waals surface area contributed by atoms with Gasteiger partial charge in [-0.25, -0.2) is 0 Å². The van der Waals surface area contributed by atoms with Gasteiger partial charge in [0.25, 0.3) is 0 Å². The molecule has 1 fully saturated rings. The topological polar surface area (TPSA) is 32.3 Å². The molecule has 1 saturated carbocycles. The van der Waals surface area contributed by atoms with Crippen molar-refractivity contribution in [3.05, 3.63) is 57.8 Å². The van der Waals surface area contributed by atoms with E-state index in [0.717, 1.165) is 19.5 Å². The molecule has 1 N–H and O–H groups in total. The molecule has 1 aliphatic heterocycles. The number of rotatable bonds is 5. The van der Waals surface area contributed by atoms with E-state index < -0.39 is 0 Å². The van der Waals surface area contributed by atoms with Crippen molar-refractivity contribution >= 4 is 17.2 Å². The van der Waals surface area contributed by atoms with Gasteiger partial charge in [-0.1, -0.05) is 43.2 Å². The molecule has 1 aromatic heterocycles. The van der Waals surface area contributed by atoms with E-state index in [9.17, 15) is 4.79 Å². The second-order valence-corrected chi connectivity index (χ2v) is 8.33. The molecule has 4 rings (SSSR count). The van der Waals surface area contributed by atoms with Gasteiger partial charge in [0, 0.05) is 18.0 Å². The fourth-order valence-electron chi connectivity index (χ4n) is 4.29. The molecule has 0 spiro atoms. The van der Waals surface area contributed by atoms with Crippen LogP contribution in [0.5, 0.6) is 0 Å². The van der Waals surface area contributed by atoms with Crippen LogP contribution in [0.25, 0.3) is 0 Å². The van der Waals surface area contributed by atoms with Gasteiger partial charge in [0.1, 0.15) is 0 Å². The summed E-state index contributed by atoms with van der Waals surface area (Å²) < 4.78 is 0. The highest BCUT2D eigenvalue weighted by molar-refractivity contribution is 7.10. The Balaban J connectivity index is 1.40. The number of carbonyl (C=O) groups is 1. The molecule has 1 aliphatic carbocycles. The van der Waals surface area contributed by atoms with E-state index in [0.29, 0.717) is 12.5 Å². The molecule has 4 heteroatoms. The summed E-state index contributed by atoms with van der Waals surface area (Å²) in [6, 6.07) is 12.9. The molecule has 1 atom stereocenters. The monoisotopic (exact) mass is 354 g/mol. The summed E-state index contributed by atoms with van der Waals surface area (Å²) in [7, 11) is 0. The van der Waals surface area contributed by atoms with E-state index >= 15 is 0 Å². The van der Waals surface area contributed by atoms with Gasteiger partial charge in [-0.3, -0.25) is 9.69 Å². The smallest absolute Gasteiger partial charge is 0.234 e. The number of benzene rings is 1. The van der Waals surface area contributed by atoms with Crippen molar-refractivity contribution in [2.45, 2.75) is 44.7 Å². The number of amides is 1. The van der Waals surface area contributed by atoms with Crippen molar-refractivity contribution in [3.63, 3.8) is 0 Å². The van der Waals surface area contributed by atoms with Crippen LogP contribution in [0.4, 0.5) is 0 Å². The molecule has 2 heterocycles. The van der Waals surface area contributed by atoms with Crippen molar-refractivity contribution in [3.8, 4) is 0 Å². The number of hydrogen-bond acceptors (Lipinski definition) is 3. The molecular formula is C21H26N2OS. The zero-order valence-corrected chi connectivity index (χ0v) is 15.4. The van der Waals surface area contributed by atoms with E-state index in [1.165, 1.54) is 41.7 Å². The van der Waals surface area contributed by atoms with Crippen molar-refractivity contribution < 1.29 is 4.79 Å². The Labute approximate surface area is 154 Å². The quantitative estimate of drug-likeness (QED) is 0.875. The van der Waals surface area contributed by atoms with Crippen molar-refractivity contribution in [1.29, 1.82) is 0 Å². The lowest BCUT2D eigenvalue weighted by atomic mass is 9.91. The molecule has 0 radical (unpaired) electrons. The van der Waals surface area contributed by atoms with Crippen LogP contribution in [0.3, 0.4) is 0 Å². The van der Waals surface area contributed by atoms with Gasteiger partial charge in [-0.2, -0.15) is 0 Å². The fourth-order valence-corrected chi connectivity index (χ4v) is 5.18. The lowest BCUT2D eigenvalue weighted by molar-refractivity contribution is -0.123. The lowest BCUT2D eigenvalue weighted by Gasteiger charge is -2.29. The summed E-state index contributed by atoms with van der Waals surface area (Å²) >= 11 is 1.84. The van der Waals surface area contributed by atoms with E-state index in [4.69, 9.17) is 0 Å². The Hall–Kier alpha value is -1.65. The van der Waals surface area contributed by atoms with Crippen LogP contribution in [0, 0.1) is 5.92 Å². The maximum absolute atomic E-state index is 12.8. The standard InChI is InChI=1S/C21H26N2OS/c24-20(15-23-12-10-19-18(14-23)11-13-25-19)22-21(17-8-4-5-9-17)16-6-2-1-3-7-16/h1-3,6-7,11,13,17,21H,4-5,8-10,12,14-15H2,(H,22,24). The fraction of sp³-hybridized carbons (Fsp3) is 0.476. The third-order valence-electron chi connectivity index (χ3n) is 5.60. The van der Waals surface area contributed by atoms with E-state index in [1.807, 2.05) is 17.4 Å². The number of nitrogens with zero attached hydrogens (tertiary/aromatic N) is 1. The maximum Gasteiger partial charge on any atom is 0.234 e. The van der Waals surface area contributed by atoms with Crippen LogP contribution >= 0.6 is 11.3 Å². The predicted octanol–water partition coefficient (Wildman–Crippen LogP) is 4.15.